The van der Waals surface area contributed by atoms with Crippen molar-refractivity contribution in [3.05, 3.63) is 60.2 Å². The van der Waals surface area contributed by atoms with Gasteiger partial charge in [-0.05, 0) is 18.2 Å². The van der Waals surface area contributed by atoms with Crippen LogP contribution in [0.3, 0.4) is 0 Å². The number of methoxy groups -OCH3 is 1. The van der Waals surface area contributed by atoms with Gasteiger partial charge in [-0.1, -0.05) is 23.4 Å². The Morgan fingerprint density at radius 3 is 2.72 bits per heavy atom. The molecule has 0 unspecified atom stereocenters. The lowest BCUT2D eigenvalue weighted by atomic mass is 10.0. The number of hydrogen-bond donors (Lipinski definition) is 0. The molecule has 0 spiro atoms. The SMILES string of the molecule is CO[C@@H]1CN(Cc2ccnn2-c2ccccc2)C[C@H]1c1cn(C)nn1. The lowest BCUT2D eigenvalue weighted by Gasteiger charge is -2.16. The normalized spacial score (nSPS) is 21.0. The Balaban J connectivity index is 1.52. The Kier molecular flexibility index (Phi) is 4.33. The zero-order chi connectivity index (χ0) is 17.2. The average molecular weight is 338 g/mol. The summed E-state index contributed by atoms with van der Waals surface area (Å²) in [6, 6.07) is 12.3. The predicted molar refractivity (Wildman–Crippen MR) is 93.4 cm³/mol. The van der Waals surface area contributed by atoms with E-state index in [0.717, 1.165) is 31.0 Å². The maximum Gasteiger partial charge on any atom is 0.0897 e. The van der Waals surface area contributed by atoms with Crippen LogP contribution in [0, 0.1) is 0 Å². The van der Waals surface area contributed by atoms with E-state index in [0.29, 0.717) is 0 Å². The summed E-state index contributed by atoms with van der Waals surface area (Å²) in [5.41, 5.74) is 3.24. The Labute approximate surface area is 146 Å². The van der Waals surface area contributed by atoms with Crippen LogP contribution >= 0.6 is 0 Å². The highest BCUT2D eigenvalue weighted by Gasteiger charge is 2.36. The highest BCUT2D eigenvalue weighted by molar-refractivity contribution is 5.32. The van der Waals surface area contributed by atoms with Crippen LogP contribution in [0.15, 0.2) is 48.8 Å². The number of aryl methyl sites for hydroxylation is 1. The summed E-state index contributed by atoms with van der Waals surface area (Å²) in [5, 5.41) is 12.8. The van der Waals surface area contributed by atoms with E-state index in [1.807, 2.05) is 42.3 Å². The first-order chi connectivity index (χ1) is 12.2. The number of hydrogen-bond acceptors (Lipinski definition) is 5. The highest BCUT2D eigenvalue weighted by Crippen LogP contribution is 2.29. The van der Waals surface area contributed by atoms with Crippen LogP contribution in [0.25, 0.3) is 5.69 Å². The Morgan fingerprint density at radius 1 is 1.16 bits per heavy atom. The van der Waals surface area contributed by atoms with Crippen molar-refractivity contribution in [2.24, 2.45) is 7.05 Å². The minimum absolute atomic E-state index is 0.129. The third-order valence-electron chi connectivity index (χ3n) is 4.75. The highest BCUT2D eigenvalue weighted by atomic mass is 16.5. The molecule has 130 valence electrons. The Hall–Kier alpha value is -2.51. The van der Waals surface area contributed by atoms with Crippen molar-refractivity contribution in [1.29, 1.82) is 0 Å². The monoisotopic (exact) mass is 338 g/mol. The average Bonchev–Trinajstić information content (AvgIpc) is 3.35. The topological polar surface area (TPSA) is 61.0 Å². The molecule has 1 saturated heterocycles. The molecule has 1 fully saturated rings. The van der Waals surface area contributed by atoms with Crippen LogP contribution in [0.4, 0.5) is 0 Å². The number of aromatic nitrogens is 5. The summed E-state index contributed by atoms with van der Waals surface area (Å²) in [7, 11) is 3.66. The van der Waals surface area contributed by atoms with Crippen molar-refractivity contribution in [2.45, 2.75) is 18.6 Å². The molecular weight excluding hydrogens is 316 g/mol. The molecule has 2 aromatic heterocycles. The third kappa shape index (κ3) is 3.20. The standard InChI is InChI=1S/C18H22N6O/c1-22-12-17(20-21-22)16-11-23(13-18(16)25-2)10-15-8-9-19-24(15)14-6-4-3-5-7-14/h3-9,12,16,18H,10-11,13H2,1-2H3/t16-,18+/m0/s1. The van der Waals surface area contributed by atoms with Crippen LogP contribution in [0.5, 0.6) is 0 Å². The van der Waals surface area contributed by atoms with Gasteiger partial charge in [0.15, 0.2) is 0 Å². The van der Waals surface area contributed by atoms with E-state index in [4.69, 9.17) is 4.74 Å². The van der Waals surface area contributed by atoms with E-state index in [9.17, 15) is 0 Å². The molecule has 7 nitrogen and oxygen atoms in total. The number of para-hydroxylation sites is 1. The first kappa shape index (κ1) is 16.0. The van der Waals surface area contributed by atoms with E-state index in [1.165, 1.54) is 5.69 Å². The molecule has 0 aliphatic carbocycles. The van der Waals surface area contributed by atoms with Crippen molar-refractivity contribution >= 4 is 0 Å². The molecule has 1 aliphatic rings. The molecule has 4 rings (SSSR count). The van der Waals surface area contributed by atoms with E-state index >= 15 is 0 Å². The minimum Gasteiger partial charge on any atom is -0.379 e. The number of nitrogens with zero attached hydrogens (tertiary/aromatic N) is 6. The number of ether oxygens (including phenoxy) is 1. The van der Waals surface area contributed by atoms with Crippen molar-refractivity contribution < 1.29 is 4.74 Å². The van der Waals surface area contributed by atoms with E-state index in [-0.39, 0.29) is 12.0 Å². The van der Waals surface area contributed by atoms with E-state index < -0.39 is 0 Å². The van der Waals surface area contributed by atoms with Crippen molar-refractivity contribution in [3.8, 4) is 5.69 Å². The summed E-state index contributed by atoms with van der Waals surface area (Å²) in [4.78, 5) is 2.39. The molecule has 3 aromatic rings. The Morgan fingerprint density at radius 2 is 2.00 bits per heavy atom. The summed E-state index contributed by atoms with van der Waals surface area (Å²) < 4.78 is 9.45. The van der Waals surface area contributed by atoms with Crippen LogP contribution < -0.4 is 0 Å². The van der Waals surface area contributed by atoms with Crippen LogP contribution in [-0.4, -0.2) is 56.0 Å². The quantitative estimate of drug-likeness (QED) is 0.707. The minimum atomic E-state index is 0.129. The first-order valence-corrected chi connectivity index (χ1v) is 8.44. The van der Waals surface area contributed by atoms with Crippen molar-refractivity contribution in [2.75, 3.05) is 20.2 Å². The van der Waals surface area contributed by atoms with E-state index in [1.54, 1.807) is 11.8 Å². The van der Waals surface area contributed by atoms with Gasteiger partial charge in [0.1, 0.15) is 0 Å². The zero-order valence-electron chi connectivity index (χ0n) is 14.5. The van der Waals surface area contributed by atoms with Gasteiger partial charge in [0.05, 0.1) is 23.2 Å². The van der Waals surface area contributed by atoms with Crippen molar-refractivity contribution in [3.63, 3.8) is 0 Å². The summed E-state index contributed by atoms with van der Waals surface area (Å²) >= 11 is 0. The lowest BCUT2D eigenvalue weighted by molar-refractivity contribution is 0.0955. The van der Waals surface area contributed by atoms with Gasteiger partial charge in [-0.25, -0.2) is 4.68 Å². The van der Waals surface area contributed by atoms with Gasteiger partial charge in [-0.2, -0.15) is 5.10 Å². The Bertz CT molecular complexity index is 827. The molecule has 0 N–H and O–H groups in total. The molecular formula is C18H22N6O. The van der Waals surface area contributed by atoms with Crippen LogP contribution in [0.2, 0.25) is 0 Å². The summed E-state index contributed by atoms with van der Waals surface area (Å²) in [6.45, 7) is 2.60. The largest absolute Gasteiger partial charge is 0.379 e. The second-order valence-corrected chi connectivity index (χ2v) is 6.46. The van der Waals surface area contributed by atoms with Gasteiger partial charge in [-0.15, -0.1) is 5.10 Å². The van der Waals surface area contributed by atoms with Crippen LogP contribution in [0.1, 0.15) is 17.3 Å². The molecule has 2 atom stereocenters. The fourth-order valence-corrected chi connectivity index (χ4v) is 3.52. The van der Waals surface area contributed by atoms with Gasteiger partial charge in [0, 0.05) is 52.1 Å². The molecule has 0 amide bonds. The van der Waals surface area contributed by atoms with Gasteiger partial charge < -0.3 is 4.74 Å². The van der Waals surface area contributed by atoms with Gasteiger partial charge in [0.2, 0.25) is 0 Å². The zero-order valence-corrected chi connectivity index (χ0v) is 14.5. The van der Waals surface area contributed by atoms with Gasteiger partial charge in [-0.3, -0.25) is 9.58 Å². The summed E-state index contributed by atoms with van der Waals surface area (Å²) in [6.07, 6.45) is 3.96. The lowest BCUT2D eigenvalue weighted by Crippen LogP contribution is -2.23. The van der Waals surface area contributed by atoms with Crippen LogP contribution in [-0.2, 0) is 18.3 Å². The molecule has 7 heteroatoms. The van der Waals surface area contributed by atoms with E-state index in [2.05, 4.69) is 38.5 Å². The smallest absolute Gasteiger partial charge is 0.0897 e. The second kappa shape index (κ2) is 6.78. The molecule has 1 aromatic carbocycles. The van der Waals surface area contributed by atoms with Gasteiger partial charge >= 0.3 is 0 Å². The van der Waals surface area contributed by atoms with Gasteiger partial charge in [0.25, 0.3) is 0 Å². The molecule has 0 radical (unpaired) electrons. The molecule has 0 saturated carbocycles. The fourth-order valence-electron chi connectivity index (χ4n) is 3.52. The number of likely N-dealkylation sites (tertiary alicyclic amines) is 1. The number of benzene rings is 1. The number of rotatable bonds is 5. The molecule has 0 bridgehead atoms. The maximum atomic E-state index is 5.71. The maximum absolute atomic E-state index is 5.71. The summed E-state index contributed by atoms with van der Waals surface area (Å²) in [5.74, 6) is 0.242. The predicted octanol–water partition coefficient (Wildman–Crippen LogP) is 1.62. The fraction of sp³-hybridized carbons (Fsp3) is 0.389. The van der Waals surface area contributed by atoms with Crippen molar-refractivity contribution in [1.82, 2.24) is 29.7 Å². The second-order valence-electron chi connectivity index (χ2n) is 6.46. The molecule has 3 heterocycles. The molecule has 1 aliphatic heterocycles. The molecule has 25 heavy (non-hydrogen) atoms. The third-order valence-corrected chi connectivity index (χ3v) is 4.75. The first-order valence-electron chi connectivity index (χ1n) is 8.44.